The summed E-state index contributed by atoms with van der Waals surface area (Å²) in [5.74, 6) is 0.456. The number of hydrogen-bond donors (Lipinski definition) is 2. The molecule has 0 fully saturated rings. The fraction of sp³-hybridized carbons (Fsp3) is 0.450. The molecule has 2 aliphatic carbocycles. The fourth-order valence-electron chi connectivity index (χ4n) is 4.15. The molecule has 0 bridgehead atoms. The van der Waals surface area contributed by atoms with Crippen LogP contribution in [0.25, 0.3) is 0 Å². The average molecular weight is 455 g/mol. The predicted molar refractivity (Wildman–Crippen MR) is 117 cm³/mol. The molecule has 2 amide bonds. The van der Waals surface area contributed by atoms with Crippen LogP contribution in [-0.4, -0.2) is 89.9 Å². The minimum atomic E-state index is -4.20. The Balaban J connectivity index is 0.00000256. The second-order valence-corrected chi connectivity index (χ2v) is 9.41. The van der Waals surface area contributed by atoms with Crippen LogP contribution in [0.3, 0.4) is 0 Å². The summed E-state index contributed by atoms with van der Waals surface area (Å²) >= 11 is 0. The Morgan fingerprint density at radius 1 is 1.00 bits per heavy atom. The van der Waals surface area contributed by atoms with Crippen molar-refractivity contribution in [2.75, 3.05) is 24.3 Å². The smallest absolute Gasteiger partial charge is 0.333 e. The van der Waals surface area contributed by atoms with Gasteiger partial charge in [-0.25, -0.2) is 14.5 Å². The van der Waals surface area contributed by atoms with Crippen molar-refractivity contribution in [2.24, 2.45) is 0 Å². The third kappa shape index (κ3) is 4.73. The molecule has 1 aromatic heterocycles. The Kier molecular flexibility index (Phi) is 7.25. The van der Waals surface area contributed by atoms with Gasteiger partial charge >= 0.3 is 16.1 Å². The van der Waals surface area contributed by atoms with Crippen molar-refractivity contribution < 1.29 is 13.2 Å². The maximum absolute atomic E-state index is 12.7. The molecule has 2 N–H and O–H groups in total. The van der Waals surface area contributed by atoms with Crippen LogP contribution in [0.5, 0.6) is 0 Å². The first-order chi connectivity index (χ1) is 13.7. The van der Waals surface area contributed by atoms with E-state index in [1.807, 2.05) is 0 Å². The van der Waals surface area contributed by atoms with Gasteiger partial charge in [-0.05, 0) is 67.7 Å². The van der Waals surface area contributed by atoms with Crippen LogP contribution in [0, 0.1) is 6.92 Å². The second-order valence-electron chi connectivity index (χ2n) is 7.84. The first kappa shape index (κ1) is 23.6. The Morgan fingerprint density at radius 2 is 1.60 bits per heavy atom. The van der Waals surface area contributed by atoms with E-state index in [9.17, 15) is 13.2 Å². The molecule has 1 radical (unpaired) electrons. The van der Waals surface area contributed by atoms with E-state index in [4.69, 9.17) is 0 Å². The van der Waals surface area contributed by atoms with Gasteiger partial charge in [0.25, 0.3) is 5.16 Å². The number of urea groups is 1. The molecule has 0 saturated heterocycles. The molecule has 0 saturated carbocycles. The van der Waals surface area contributed by atoms with Crippen molar-refractivity contribution >= 4 is 78.9 Å². The van der Waals surface area contributed by atoms with Gasteiger partial charge in [0.2, 0.25) is 0 Å². The fourth-order valence-corrected chi connectivity index (χ4v) is 5.01. The Labute approximate surface area is 219 Å². The first-order valence-electron chi connectivity index (χ1n) is 9.78. The summed E-state index contributed by atoms with van der Waals surface area (Å²) in [4.78, 5) is 22.4. The molecule has 1 aromatic carbocycles. The van der Waals surface area contributed by atoms with E-state index in [2.05, 4.69) is 26.1 Å². The van der Waals surface area contributed by atoms with Gasteiger partial charge in [0.1, 0.15) is 5.82 Å². The zero-order chi connectivity index (χ0) is 20.8. The van der Waals surface area contributed by atoms with Gasteiger partial charge in [0.15, 0.2) is 0 Å². The molecule has 4 rings (SSSR count). The van der Waals surface area contributed by atoms with Crippen LogP contribution in [0.1, 0.15) is 40.8 Å². The number of amides is 2. The van der Waals surface area contributed by atoms with Gasteiger partial charge in [0.05, 0.1) is 0 Å². The largest absolute Gasteiger partial charge is 0.363 e. The van der Waals surface area contributed by atoms with Crippen molar-refractivity contribution in [1.29, 1.82) is 0 Å². The molecule has 0 spiro atoms. The van der Waals surface area contributed by atoms with Crippen LogP contribution in [0.15, 0.2) is 17.3 Å². The van der Waals surface area contributed by atoms with Crippen LogP contribution >= 0.6 is 0 Å². The summed E-state index contributed by atoms with van der Waals surface area (Å²) in [6.07, 6.45) is 5.91. The standard InChI is InChI=1S/C20H25N5O3S.K/c1-12-10-17(25(2)3)22-20(21-12)29(27,28)24-19(26)23-18-15-8-4-6-13(15)11-14-7-5-9-16(14)18;/h10-11H,4-9H2,1-3H3,(H2,23,24,26);. The Hall–Kier alpha value is -1.04. The molecule has 10 heteroatoms. The van der Waals surface area contributed by atoms with Gasteiger partial charge in [-0.15, -0.1) is 0 Å². The number of sulfonamides is 1. The van der Waals surface area contributed by atoms with Crippen LogP contribution in [0.4, 0.5) is 16.3 Å². The maximum Gasteiger partial charge on any atom is 0.333 e. The molecule has 0 unspecified atom stereocenters. The topological polar surface area (TPSA) is 104 Å². The van der Waals surface area contributed by atoms with Gasteiger partial charge < -0.3 is 10.2 Å². The molecule has 30 heavy (non-hydrogen) atoms. The first-order valence-corrected chi connectivity index (χ1v) is 11.3. The van der Waals surface area contributed by atoms with Crippen molar-refractivity contribution in [3.8, 4) is 0 Å². The second kappa shape index (κ2) is 9.21. The molecule has 2 aliphatic rings. The average Bonchev–Trinajstić information content (AvgIpc) is 3.29. The van der Waals surface area contributed by atoms with E-state index < -0.39 is 21.2 Å². The summed E-state index contributed by atoms with van der Waals surface area (Å²) < 4.78 is 27.5. The number of rotatable bonds is 4. The molecule has 2 aromatic rings. The molecular weight excluding hydrogens is 429 g/mol. The Bertz CT molecular complexity index is 1070. The van der Waals surface area contributed by atoms with Gasteiger partial charge in [-0.1, -0.05) is 6.07 Å². The predicted octanol–water partition coefficient (Wildman–Crippen LogP) is 1.96. The summed E-state index contributed by atoms with van der Waals surface area (Å²) in [7, 11) is -0.680. The third-order valence-electron chi connectivity index (χ3n) is 5.46. The minimum absolute atomic E-state index is 0. The zero-order valence-electron chi connectivity index (χ0n) is 17.9. The van der Waals surface area contributed by atoms with Gasteiger partial charge in [0, 0.05) is 82.9 Å². The number of benzene rings is 1. The number of anilines is 2. The molecule has 0 aliphatic heterocycles. The monoisotopic (exact) mass is 454 g/mol. The summed E-state index contributed by atoms with van der Waals surface area (Å²) in [6, 6.07) is 3.15. The molecule has 8 nitrogen and oxygen atoms in total. The quantitative estimate of drug-likeness (QED) is 0.541. The van der Waals surface area contributed by atoms with E-state index in [1.165, 1.54) is 11.1 Å². The number of nitrogens with zero attached hydrogens (tertiary/aromatic N) is 3. The van der Waals surface area contributed by atoms with Crippen LogP contribution in [-0.2, 0) is 35.7 Å². The normalized spacial score (nSPS) is 14.5. The molecule has 155 valence electrons. The molecular formula is C20H25KN5O3S. The SMILES string of the molecule is Cc1cc(N(C)C)nc(S(=O)(=O)NC(=O)Nc2c3c(cc4c2CCC4)CCC3)n1.[K]. The van der Waals surface area contributed by atoms with Crippen molar-refractivity contribution in [1.82, 2.24) is 14.7 Å². The number of carbonyl (C=O) groups is 1. The number of fused-ring (bicyclic) bond motifs is 2. The third-order valence-corrected chi connectivity index (χ3v) is 6.57. The van der Waals surface area contributed by atoms with Crippen LogP contribution < -0.4 is 14.9 Å². The van der Waals surface area contributed by atoms with E-state index in [1.54, 1.807) is 32.0 Å². The molecule has 1 heterocycles. The number of aromatic nitrogens is 2. The van der Waals surface area contributed by atoms with Gasteiger partial charge in [-0.3, -0.25) is 0 Å². The van der Waals surface area contributed by atoms with E-state index in [0.29, 0.717) is 11.5 Å². The minimum Gasteiger partial charge on any atom is -0.363 e. The summed E-state index contributed by atoms with van der Waals surface area (Å²) in [5, 5.41) is 2.41. The maximum atomic E-state index is 12.7. The van der Waals surface area contributed by atoms with Crippen LogP contribution in [0.2, 0.25) is 0 Å². The number of aryl methyl sites for hydroxylation is 3. The van der Waals surface area contributed by atoms with Crippen molar-refractivity contribution in [3.63, 3.8) is 0 Å². The zero-order valence-corrected chi connectivity index (χ0v) is 21.8. The van der Waals surface area contributed by atoms with E-state index in [0.717, 1.165) is 55.3 Å². The number of hydrogen-bond acceptors (Lipinski definition) is 6. The van der Waals surface area contributed by atoms with E-state index in [-0.39, 0.29) is 51.4 Å². The van der Waals surface area contributed by atoms with Crippen molar-refractivity contribution in [2.45, 2.75) is 50.6 Å². The van der Waals surface area contributed by atoms with Crippen molar-refractivity contribution in [3.05, 3.63) is 40.1 Å². The number of carbonyl (C=O) groups excluding carboxylic acids is 1. The Morgan fingerprint density at radius 3 is 2.17 bits per heavy atom. The number of nitrogens with one attached hydrogen (secondary N) is 2. The summed E-state index contributed by atoms with van der Waals surface area (Å²) in [6.45, 7) is 1.68. The summed E-state index contributed by atoms with van der Waals surface area (Å²) in [5.41, 5.74) is 6.10. The van der Waals surface area contributed by atoms with Gasteiger partial charge in [-0.2, -0.15) is 13.4 Å². The molecule has 0 atom stereocenters. The van der Waals surface area contributed by atoms with E-state index >= 15 is 0 Å².